The van der Waals surface area contributed by atoms with Crippen LogP contribution in [0.25, 0.3) is 228 Å². The second-order valence-corrected chi connectivity index (χ2v) is 43.6. The fraction of sp³-hybridized carbons (Fsp3) is 0.224. The summed E-state index contributed by atoms with van der Waals surface area (Å²) in [5.74, 6) is 0. The van der Waals surface area contributed by atoms with Gasteiger partial charge in [-0.1, -0.05) is 359 Å². The van der Waals surface area contributed by atoms with Gasteiger partial charge in [0.15, 0.2) is 0 Å². The SMILES string of the molecule is [2H]C([2H])([2H])c1cc(C)c(C(C)(C)C)c2oc3c(ccc4c5ccccc5c5ccccc5c43)c12.[2H]C([2H])([2H])c1cc(C)c(C(C)(C)C)c2oc3c4ccccc4c4ccccc4c3c12.[2H]C([2H])([2H])c1cc(C)c(C(C)(C)C)c2oc3cc4ccc5ccccc5c4cc3c12.[2H]C([2H])([2H])c1cc(C)c(C(C)(C)C)c2oc3ccc4c5ccccc5ccc4c3c12.[2H]C([2H])([2H])c1cc(C)c(C(C)(C)C)c2oc3ccc4ccc5ccccc5c4c3c12. The second-order valence-electron chi connectivity index (χ2n) is 43.6. The van der Waals surface area contributed by atoms with Crippen molar-refractivity contribution < 1.29 is 42.6 Å². The predicted molar refractivity (Wildman–Crippen MR) is 602 cm³/mol. The van der Waals surface area contributed by atoms with E-state index in [4.69, 9.17) is 42.6 Å². The molecular formula is C134H122O5. The van der Waals surface area contributed by atoms with Crippen molar-refractivity contribution in [2.24, 2.45) is 0 Å². The van der Waals surface area contributed by atoms with Gasteiger partial charge in [-0.15, -0.1) is 0 Å². The molecule has 0 aliphatic rings. The minimum atomic E-state index is -2.24. The highest BCUT2D eigenvalue weighted by Gasteiger charge is 2.33. The Morgan fingerprint density at radius 1 is 0.158 bits per heavy atom. The van der Waals surface area contributed by atoms with Gasteiger partial charge < -0.3 is 22.1 Å². The Bertz CT molecular complexity index is 10200. The van der Waals surface area contributed by atoms with Crippen molar-refractivity contribution in [3.63, 3.8) is 0 Å². The van der Waals surface area contributed by atoms with Crippen molar-refractivity contribution in [2.45, 2.75) is 200 Å². The van der Waals surface area contributed by atoms with Crippen LogP contribution in [0.3, 0.4) is 0 Å². The standard InChI is InChI=1S/C30H26O.4C26H24O/c1-17-16-18(2)27(30(3,4)5)29-25(17)24-15-14-23-21-12-7-6-10-19(21)20-11-8-9-13-22(20)26(23)28(24)31-29;1-15-14-16(2)23(26(3,4)5)25-21(15)22-19-12-8-6-10-17(19)18-11-7-9-13-20(18)24(22)27-25;1-15-12-16(2)24(26(3,4)5)25-23(15)21-14-20-18(13-22(21)27-25)11-10-17-8-6-7-9-19(17)20;1-15-14-16(2)24(26(3,4)5)25-21(15)23-20(27-25)13-12-18-11-10-17-8-6-7-9-19(17)22(18)23;1-15-14-16(2)24(26(3,4)5)25-22(15)23-20-11-10-17-8-6-7-9-18(17)19(20)12-13-21(23)27-25/h6-16H,1-5H3;4*6-14H,1-5H3/i5*1D3. The minimum Gasteiger partial charge on any atom is -0.456 e. The molecule has 0 radical (unpaired) electrons. The number of hydrogen-bond acceptors (Lipinski definition) is 5. The summed E-state index contributed by atoms with van der Waals surface area (Å²) in [4.78, 5) is 0. The normalized spacial score (nSPS) is 14.7. The maximum Gasteiger partial charge on any atom is 0.143 e. The summed E-state index contributed by atoms with van der Waals surface area (Å²) < 4.78 is 156. The molecule has 0 bridgehead atoms. The van der Waals surface area contributed by atoms with Crippen molar-refractivity contribution in [2.75, 3.05) is 0 Å². The summed E-state index contributed by atoms with van der Waals surface area (Å²) in [6, 6.07) is 96.3. The lowest BCUT2D eigenvalue weighted by Gasteiger charge is -2.22. The first-order chi connectivity index (χ1) is 72.4. The molecule has 0 atom stereocenters. The molecule has 0 saturated carbocycles. The van der Waals surface area contributed by atoms with E-state index in [0.29, 0.717) is 61.1 Å². The van der Waals surface area contributed by atoms with Gasteiger partial charge >= 0.3 is 0 Å². The van der Waals surface area contributed by atoms with Crippen LogP contribution < -0.4 is 0 Å². The third-order valence-electron chi connectivity index (χ3n) is 28.8. The molecule has 5 heteroatoms. The monoisotopic (exact) mass is 1830 g/mol. The second kappa shape index (κ2) is 32.6. The maximum atomic E-state index is 8.29. The zero-order chi connectivity index (χ0) is 110. The Balaban J connectivity index is 0.000000108. The van der Waals surface area contributed by atoms with Crippen LogP contribution in [-0.2, 0) is 27.1 Å². The summed E-state index contributed by atoms with van der Waals surface area (Å²) in [5, 5.41) is 32.4. The Labute approximate surface area is 834 Å². The van der Waals surface area contributed by atoms with Crippen LogP contribution in [-0.4, -0.2) is 0 Å². The highest BCUT2D eigenvalue weighted by molar-refractivity contribution is 6.35. The molecular weight excluding hydrogens is 1690 g/mol. The summed E-state index contributed by atoms with van der Waals surface area (Å²) in [6.07, 6.45) is 0. The molecule has 0 N–H and O–H groups in total. The van der Waals surface area contributed by atoms with Crippen LogP contribution in [0.1, 0.15) is 208 Å². The molecule has 5 nitrogen and oxygen atoms in total. The maximum absolute atomic E-state index is 8.29. The van der Waals surface area contributed by atoms with Gasteiger partial charge in [0.2, 0.25) is 0 Å². The molecule has 0 saturated heterocycles. The average Bonchev–Trinajstić information content (AvgIpc) is 1.56. The molecule has 688 valence electrons. The van der Waals surface area contributed by atoms with Gasteiger partial charge in [0.1, 0.15) is 55.8 Å². The van der Waals surface area contributed by atoms with E-state index in [-0.39, 0.29) is 27.1 Å². The van der Waals surface area contributed by atoms with Gasteiger partial charge in [-0.25, -0.2) is 0 Å². The average molecular weight is 1830 g/mol. The Morgan fingerprint density at radius 2 is 0.432 bits per heavy atom. The van der Waals surface area contributed by atoms with E-state index < -0.39 is 34.3 Å². The van der Waals surface area contributed by atoms with Gasteiger partial charge in [0.25, 0.3) is 0 Å². The van der Waals surface area contributed by atoms with Crippen LogP contribution in [0, 0.1) is 68.9 Å². The molecule has 139 heavy (non-hydrogen) atoms. The molecule has 26 aromatic rings. The van der Waals surface area contributed by atoms with Crippen molar-refractivity contribution in [3.05, 3.63) is 369 Å². The number of aryl methyl sites for hydroxylation is 10. The predicted octanol–water partition coefficient (Wildman–Crippen LogP) is 40.2. The summed E-state index contributed by atoms with van der Waals surface area (Å²) in [5.41, 5.74) is 18.2. The molecule has 21 aromatic carbocycles. The van der Waals surface area contributed by atoms with Crippen molar-refractivity contribution in [1.82, 2.24) is 0 Å². The van der Waals surface area contributed by atoms with Crippen LogP contribution in [0.2, 0.25) is 0 Å². The summed E-state index contributed by atoms with van der Waals surface area (Å²) in [7, 11) is 0. The molecule has 0 spiro atoms. The Kier molecular flexibility index (Phi) is 17.3. The minimum absolute atomic E-state index is 0.171. The van der Waals surface area contributed by atoms with E-state index in [0.717, 1.165) is 224 Å². The highest BCUT2D eigenvalue weighted by Crippen LogP contribution is 2.53. The van der Waals surface area contributed by atoms with Crippen LogP contribution in [0.15, 0.2) is 307 Å². The zero-order valence-corrected chi connectivity index (χ0v) is 82.7. The quantitative estimate of drug-likeness (QED) is 0.142. The van der Waals surface area contributed by atoms with E-state index >= 15 is 0 Å². The topological polar surface area (TPSA) is 65.7 Å². The van der Waals surface area contributed by atoms with Crippen molar-refractivity contribution in [3.8, 4) is 0 Å². The lowest BCUT2D eigenvalue weighted by molar-refractivity contribution is 0.568. The molecule has 0 aliphatic carbocycles. The first-order valence-corrected chi connectivity index (χ1v) is 48.3. The highest BCUT2D eigenvalue weighted by atomic mass is 16.3. The number of furan rings is 5. The number of fused-ring (bicyclic) bond motifs is 38. The molecule has 0 unspecified atom stereocenters. The Morgan fingerprint density at radius 3 is 0.914 bits per heavy atom. The zero-order valence-electron chi connectivity index (χ0n) is 97.7. The fourth-order valence-electron chi connectivity index (χ4n) is 23.8. The molecule has 0 amide bonds. The van der Waals surface area contributed by atoms with E-state index in [1.807, 2.05) is 150 Å². The third-order valence-corrected chi connectivity index (χ3v) is 28.8. The summed E-state index contributed by atoms with van der Waals surface area (Å²) in [6.45, 7) is 30.9. The lowest BCUT2D eigenvalue weighted by atomic mass is 9.81. The van der Waals surface area contributed by atoms with Gasteiger partial charge in [-0.2, -0.15) is 0 Å². The summed E-state index contributed by atoms with van der Waals surface area (Å²) >= 11 is 0. The van der Waals surface area contributed by atoms with E-state index in [2.05, 4.69) is 274 Å². The van der Waals surface area contributed by atoms with Gasteiger partial charge in [-0.05, 0) is 284 Å². The first kappa shape index (κ1) is 73.7. The third kappa shape index (κ3) is 14.5. The van der Waals surface area contributed by atoms with E-state index in [9.17, 15) is 0 Å². The molecule has 26 rings (SSSR count). The van der Waals surface area contributed by atoms with E-state index in [1.54, 1.807) is 0 Å². The lowest BCUT2D eigenvalue weighted by Crippen LogP contribution is -2.13. The number of benzene rings is 21. The molecule has 0 fully saturated rings. The van der Waals surface area contributed by atoms with E-state index in [1.165, 1.54) is 26.9 Å². The molecule has 5 heterocycles. The van der Waals surface area contributed by atoms with Crippen LogP contribution in [0.5, 0.6) is 0 Å². The molecule has 0 aliphatic heterocycles. The van der Waals surface area contributed by atoms with Crippen LogP contribution >= 0.6 is 0 Å². The van der Waals surface area contributed by atoms with Crippen molar-refractivity contribution in [1.29, 1.82) is 0 Å². The number of hydrogen-bond donors (Lipinski definition) is 0. The fourth-order valence-corrected chi connectivity index (χ4v) is 23.8. The first-order valence-electron chi connectivity index (χ1n) is 55.8. The van der Waals surface area contributed by atoms with Gasteiger partial charge in [0, 0.05) is 118 Å². The Hall–Kier alpha value is -14.5. The number of rotatable bonds is 0. The largest absolute Gasteiger partial charge is 0.456 e. The van der Waals surface area contributed by atoms with Crippen molar-refractivity contribution >= 4 is 228 Å². The smallest absolute Gasteiger partial charge is 0.143 e. The van der Waals surface area contributed by atoms with Gasteiger partial charge in [0.05, 0.1) is 0 Å². The van der Waals surface area contributed by atoms with Gasteiger partial charge in [-0.3, -0.25) is 0 Å². The van der Waals surface area contributed by atoms with Crippen LogP contribution in [0.4, 0.5) is 0 Å². The molecule has 5 aromatic heterocycles.